The van der Waals surface area contributed by atoms with Gasteiger partial charge in [0.05, 0.1) is 22.5 Å². The molecule has 12 heteroatoms. The number of carbonyl (C=O) groups is 2. The highest BCUT2D eigenvalue weighted by Gasteiger charge is 2.41. The average molecular weight is 848 g/mol. The summed E-state index contributed by atoms with van der Waals surface area (Å²) in [7, 11) is 0. The number of rotatable bonds is 8. The van der Waals surface area contributed by atoms with E-state index in [2.05, 4.69) is 35.9 Å². The van der Waals surface area contributed by atoms with E-state index in [1.807, 2.05) is 90.1 Å². The van der Waals surface area contributed by atoms with Gasteiger partial charge >= 0.3 is 11.9 Å². The van der Waals surface area contributed by atoms with Crippen LogP contribution in [0.3, 0.4) is 0 Å². The number of benzene rings is 2. The molecule has 6 aromatic rings. The number of pyridine rings is 4. The number of cyclic esters (lactones) is 2. The number of hydrogen-bond acceptors (Lipinski definition) is 10. The van der Waals surface area contributed by atoms with E-state index < -0.39 is 11.2 Å². The molecular formula is C48H52Cl2N6O4. The van der Waals surface area contributed by atoms with Gasteiger partial charge in [-0.1, -0.05) is 63.0 Å². The van der Waals surface area contributed by atoms with Crippen molar-refractivity contribution in [3.63, 3.8) is 0 Å². The van der Waals surface area contributed by atoms with E-state index >= 15 is 0 Å². The Bertz CT molecular complexity index is 2470. The van der Waals surface area contributed by atoms with Crippen molar-refractivity contribution < 1.29 is 19.1 Å². The van der Waals surface area contributed by atoms with Crippen LogP contribution in [-0.2, 0) is 22.3 Å². The molecule has 2 aliphatic heterocycles. The molecule has 4 atom stereocenters. The van der Waals surface area contributed by atoms with Crippen molar-refractivity contribution in [2.75, 3.05) is 0 Å². The lowest BCUT2D eigenvalue weighted by molar-refractivity contribution is -0.0200. The highest BCUT2D eigenvalue weighted by atomic mass is 35.5. The standard InChI is InChI=1S/2C24H26ClN3O2/c2*1-5-21(26)16-8-9-20(25)19-12-27-15(11-18(16)19)10-14-6-7-17-22(28-14)13(2)24(3,4)30-23(17)29/h2*6-9,11-13,21H,5,10,26H2,1-4H3/t13-,21+;13-,21-/m11/s1. The van der Waals surface area contributed by atoms with Crippen LogP contribution in [0.25, 0.3) is 21.5 Å². The average Bonchev–Trinajstić information content (AvgIpc) is 3.21. The van der Waals surface area contributed by atoms with E-state index in [0.717, 1.165) is 79.7 Å². The summed E-state index contributed by atoms with van der Waals surface area (Å²) in [6.45, 7) is 15.9. The maximum Gasteiger partial charge on any atom is 0.340 e. The molecule has 4 N–H and O–H groups in total. The lowest BCUT2D eigenvalue weighted by Crippen LogP contribution is -2.39. The van der Waals surface area contributed by atoms with Gasteiger partial charge in [-0.15, -0.1) is 0 Å². The first-order valence-corrected chi connectivity index (χ1v) is 21.3. The summed E-state index contributed by atoms with van der Waals surface area (Å²) in [6.07, 6.45) is 6.40. The van der Waals surface area contributed by atoms with Gasteiger partial charge in [-0.05, 0) is 111 Å². The molecular weight excluding hydrogens is 795 g/mol. The molecule has 2 aliphatic rings. The predicted octanol–water partition coefficient (Wildman–Crippen LogP) is 10.7. The summed E-state index contributed by atoms with van der Waals surface area (Å²) in [5.41, 5.74) is 19.7. The molecule has 0 aliphatic carbocycles. The molecule has 0 saturated carbocycles. The minimum absolute atomic E-state index is 0.00248. The van der Waals surface area contributed by atoms with Crippen LogP contribution in [0.1, 0.15) is 158 Å². The van der Waals surface area contributed by atoms with E-state index in [1.54, 1.807) is 12.4 Å². The van der Waals surface area contributed by atoms with Crippen molar-refractivity contribution in [3.05, 3.63) is 140 Å². The fourth-order valence-electron chi connectivity index (χ4n) is 7.85. The van der Waals surface area contributed by atoms with Crippen LogP contribution in [0.2, 0.25) is 10.0 Å². The Morgan fingerprint density at radius 1 is 0.600 bits per heavy atom. The molecule has 0 spiro atoms. The molecule has 0 bridgehead atoms. The molecule has 0 amide bonds. The summed E-state index contributed by atoms with van der Waals surface area (Å²) in [5, 5.41) is 5.18. The van der Waals surface area contributed by atoms with Gasteiger partial charge in [0.15, 0.2) is 0 Å². The van der Waals surface area contributed by atoms with E-state index in [4.69, 9.17) is 54.1 Å². The third kappa shape index (κ3) is 8.35. The lowest BCUT2D eigenvalue weighted by atomic mass is 9.84. The van der Waals surface area contributed by atoms with Gasteiger partial charge < -0.3 is 20.9 Å². The first-order chi connectivity index (χ1) is 28.4. The summed E-state index contributed by atoms with van der Waals surface area (Å²) >= 11 is 12.8. The van der Waals surface area contributed by atoms with Gasteiger partial charge in [-0.3, -0.25) is 19.9 Å². The molecule has 2 aromatic carbocycles. The Kier molecular flexibility index (Phi) is 12.1. The predicted molar refractivity (Wildman–Crippen MR) is 238 cm³/mol. The van der Waals surface area contributed by atoms with Crippen molar-refractivity contribution in [3.8, 4) is 0 Å². The Hall–Kier alpha value is -5.00. The molecule has 312 valence electrons. The second-order valence-corrected chi connectivity index (χ2v) is 17.8. The van der Waals surface area contributed by atoms with Gasteiger partial charge in [-0.2, -0.15) is 0 Å². The lowest BCUT2D eigenvalue weighted by Gasteiger charge is -2.36. The van der Waals surface area contributed by atoms with Gasteiger partial charge in [0.25, 0.3) is 0 Å². The van der Waals surface area contributed by atoms with Crippen molar-refractivity contribution in [1.29, 1.82) is 0 Å². The fourth-order valence-corrected chi connectivity index (χ4v) is 8.28. The molecule has 0 fully saturated rings. The summed E-state index contributed by atoms with van der Waals surface area (Å²) in [6, 6.07) is 19.1. The molecule has 60 heavy (non-hydrogen) atoms. The third-order valence-corrected chi connectivity index (χ3v) is 13.0. The molecule has 10 nitrogen and oxygen atoms in total. The monoisotopic (exact) mass is 846 g/mol. The van der Waals surface area contributed by atoms with Crippen LogP contribution in [0.5, 0.6) is 0 Å². The fraction of sp³-hybridized carbons (Fsp3) is 0.375. The summed E-state index contributed by atoms with van der Waals surface area (Å²) in [4.78, 5) is 43.5. The Labute approximate surface area is 361 Å². The molecule has 0 radical (unpaired) electrons. The number of hydrogen-bond donors (Lipinski definition) is 2. The number of carbonyl (C=O) groups excluding carboxylic acids is 2. The molecule has 0 unspecified atom stereocenters. The van der Waals surface area contributed by atoms with Crippen LogP contribution in [0, 0.1) is 0 Å². The van der Waals surface area contributed by atoms with Crippen molar-refractivity contribution >= 4 is 56.7 Å². The largest absolute Gasteiger partial charge is 0.455 e. The van der Waals surface area contributed by atoms with Crippen LogP contribution in [0.15, 0.2) is 73.1 Å². The van der Waals surface area contributed by atoms with E-state index in [0.29, 0.717) is 34.0 Å². The number of nitrogens with two attached hydrogens (primary N) is 2. The number of esters is 2. The normalized spacial score (nSPS) is 18.7. The van der Waals surface area contributed by atoms with E-state index in [-0.39, 0.29) is 35.9 Å². The number of halogens is 2. The van der Waals surface area contributed by atoms with Gasteiger partial charge in [0, 0.05) is 92.7 Å². The van der Waals surface area contributed by atoms with Crippen LogP contribution in [-0.4, -0.2) is 43.1 Å². The molecule has 6 heterocycles. The first-order valence-electron chi connectivity index (χ1n) is 20.5. The number of ether oxygens (including phenoxy) is 2. The van der Waals surface area contributed by atoms with Gasteiger partial charge in [0.2, 0.25) is 0 Å². The van der Waals surface area contributed by atoms with Crippen molar-refractivity contribution in [1.82, 2.24) is 19.9 Å². The molecule has 0 saturated heterocycles. The third-order valence-electron chi connectivity index (χ3n) is 12.3. The summed E-state index contributed by atoms with van der Waals surface area (Å²) in [5.74, 6) is -0.627. The number of fused-ring (bicyclic) bond motifs is 4. The Balaban J connectivity index is 0.000000181. The summed E-state index contributed by atoms with van der Waals surface area (Å²) < 4.78 is 11.1. The Morgan fingerprint density at radius 3 is 1.35 bits per heavy atom. The SMILES string of the molecule is CC[C@@H](N)c1ccc(Cl)c2cnc(Cc3ccc4c(n3)[C@@H](C)C(C)(C)OC4=O)cc12.CC[C@H](N)c1ccc(Cl)c2cnc(Cc3ccc4c(n3)[C@@H](C)C(C)(C)OC4=O)cc12. The maximum atomic E-state index is 12.3. The maximum absolute atomic E-state index is 12.3. The van der Waals surface area contributed by atoms with Gasteiger partial charge in [-0.25, -0.2) is 9.59 Å². The zero-order chi connectivity index (χ0) is 43.3. The zero-order valence-electron chi connectivity index (χ0n) is 35.4. The van der Waals surface area contributed by atoms with Crippen LogP contribution < -0.4 is 11.5 Å². The van der Waals surface area contributed by atoms with Crippen molar-refractivity contribution in [2.24, 2.45) is 11.5 Å². The zero-order valence-corrected chi connectivity index (χ0v) is 36.9. The smallest absolute Gasteiger partial charge is 0.340 e. The topological polar surface area (TPSA) is 156 Å². The second-order valence-electron chi connectivity index (χ2n) is 17.0. The van der Waals surface area contributed by atoms with Gasteiger partial charge in [0.1, 0.15) is 11.2 Å². The molecule has 8 rings (SSSR count). The van der Waals surface area contributed by atoms with Crippen molar-refractivity contribution in [2.45, 2.75) is 116 Å². The van der Waals surface area contributed by atoms with Crippen LogP contribution >= 0.6 is 23.2 Å². The Morgan fingerprint density at radius 2 is 0.983 bits per heavy atom. The highest BCUT2D eigenvalue weighted by molar-refractivity contribution is 6.36. The van der Waals surface area contributed by atoms with E-state index in [1.165, 1.54) is 0 Å². The number of aromatic nitrogens is 4. The molecule has 4 aromatic heterocycles. The highest BCUT2D eigenvalue weighted by Crippen LogP contribution is 2.39. The second kappa shape index (κ2) is 16.8. The van der Waals surface area contributed by atoms with E-state index in [9.17, 15) is 9.59 Å². The van der Waals surface area contributed by atoms with Crippen LogP contribution in [0.4, 0.5) is 0 Å². The number of nitrogens with zero attached hydrogens (tertiary/aromatic N) is 4. The first kappa shape index (κ1) is 43.1. The minimum Gasteiger partial charge on any atom is -0.455 e. The quantitative estimate of drug-likeness (QED) is 0.141. The minimum atomic E-state index is -0.584.